The van der Waals surface area contributed by atoms with Crippen LogP contribution in [0.3, 0.4) is 0 Å². The van der Waals surface area contributed by atoms with Gasteiger partial charge in [0.15, 0.2) is 12.1 Å². The molecule has 1 N–H and O–H groups in total. The van der Waals surface area contributed by atoms with Crippen molar-refractivity contribution < 1.29 is 0 Å². The second-order valence-corrected chi connectivity index (χ2v) is 8.86. The van der Waals surface area contributed by atoms with E-state index < -0.39 is 0 Å². The zero-order chi connectivity index (χ0) is 21.2. The summed E-state index contributed by atoms with van der Waals surface area (Å²) >= 11 is 0. The molecule has 1 saturated heterocycles. The van der Waals surface area contributed by atoms with Gasteiger partial charge in [-0.05, 0) is 17.5 Å². The van der Waals surface area contributed by atoms with Gasteiger partial charge in [0, 0.05) is 52.5 Å². The first kappa shape index (κ1) is 20.1. The topological polar surface area (TPSA) is 37.4 Å². The molecule has 0 amide bonds. The van der Waals surface area contributed by atoms with E-state index in [1.165, 1.54) is 16.8 Å². The molecule has 0 aromatic heterocycles. The van der Waals surface area contributed by atoms with Crippen LogP contribution in [0.15, 0.2) is 77.6 Å². The predicted molar refractivity (Wildman–Crippen MR) is 125 cm³/mol. The summed E-state index contributed by atoms with van der Waals surface area (Å²) in [7, 11) is 4.27. The predicted octanol–water partition coefficient (Wildman–Crippen LogP) is 2.38. The number of rotatable bonds is 5. The van der Waals surface area contributed by atoms with Crippen LogP contribution in [0.5, 0.6) is 0 Å². The summed E-state index contributed by atoms with van der Waals surface area (Å²) in [6, 6.07) is 22.0. The number of fused-ring (bicyclic) bond motifs is 1. The van der Waals surface area contributed by atoms with Crippen molar-refractivity contribution in [2.75, 3.05) is 40.4 Å². The third kappa shape index (κ3) is 4.31. The first-order chi connectivity index (χ1) is 15.2. The molecule has 2 aromatic carbocycles. The molecule has 0 spiro atoms. The van der Waals surface area contributed by atoms with Crippen molar-refractivity contribution >= 4 is 5.84 Å². The van der Waals surface area contributed by atoms with Gasteiger partial charge < -0.3 is 20.0 Å². The molecule has 2 atom stereocenters. The molecule has 3 aliphatic heterocycles. The van der Waals surface area contributed by atoms with Crippen LogP contribution in [0, 0.1) is 0 Å². The first-order valence-corrected chi connectivity index (χ1v) is 11.2. The second kappa shape index (κ2) is 8.73. The van der Waals surface area contributed by atoms with E-state index in [1.54, 1.807) is 0 Å². The largest absolute Gasteiger partial charge is 0.361 e. The van der Waals surface area contributed by atoms with Gasteiger partial charge in [-0.2, -0.15) is 0 Å². The van der Waals surface area contributed by atoms with E-state index in [4.69, 9.17) is 4.99 Å². The highest BCUT2D eigenvalue weighted by Crippen LogP contribution is 2.30. The summed E-state index contributed by atoms with van der Waals surface area (Å²) < 4.78 is 0. The van der Waals surface area contributed by atoms with E-state index in [2.05, 4.69) is 106 Å². The molecule has 0 saturated carbocycles. The van der Waals surface area contributed by atoms with Crippen LogP contribution in [-0.2, 0) is 13.0 Å². The summed E-state index contributed by atoms with van der Waals surface area (Å²) in [6.45, 7) is 4.72. The van der Waals surface area contributed by atoms with Gasteiger partial charge >= 0.3 is 0 Å². The lowest BCUT2D eigenvalue weighted by Crippen LogP contribution is -2.57. The van der Waals surface area contributed by atoms with Gasteiger partial charge in [-0.1, -0.05) is 60.7 Å². The Hall–Kier alpha value is -2.83. The SMILES string of the molecule is CN1C=C2C(=N[C@@H](N3CCNC(Cc4ccccc4)C3)N2Cc2ccccc2)N(C)C1. The standard InChI is InChI=1S/C25H32N6/c1-28-18-23-24(29(2)19-28)27-25(31(23)16-21-11-7-4-8-12-21)30-14-13-26-22(17-30)15-20-9-5-3-6-10-20/h3-12,18,22,25-26H,13-17,19H2,1-2H3/t22?,25-/m0/s1. The Morgan fingerprint density at radius 1 is 0.968 bits per heavy atom. The van der Waals surface area contributed by atoms with Crippen LogP contribution < -0.4 is 5.32 Å². The highest BCUT2D eigenvalue weighted by molar-refractivity contribution is 5.99. The highest BCUT2D eigenvalue weighted by atomic mass is 15.5. The zero-order valence-electron chi connectivity index (χ0n) is 18.5. The molecule has 3 heterocycles. The van der Waals surface area contributed by atoms with Crippen molar-refractivity contribution in [1.82, 2.24) is 24.9 Å². The monoisotopic (exact) mass is 416 g/mol. The number of nitrogens with zero attached hydrogens (tertiary/aromatic N) is 5. The van der Waals surface area contributed by atoms with E-state index in [0.29, 0.717) is 6.04 Å². The van der Waals surface area contributed by atoms with E-state index >= 15 is 0 Å². The average molecular weight is 417 g/mol. The third-order valence-corrected chi connectivity index (χ3v) is 6.33. The molecule has 1 fully saturated rings. The molecule has 5 rings (SSSR count). The number of nitrogens with one attached hydrogen (secondary N) is 1. The van der Waals surface area contributed by atoms with Crippen LogP contribution >= 0.6 is 0 Å². The molecule has 0 bridgehead atoms. The molecular weight excluding hydrogens is 384 g/mol. The molecule has 6 nitrogen and oxygen atoms in total. The maximum absolute atomic E-state index is 5.24. The zero-order valence-corrected chi connectivity index (χ0v) is 18.5. The molecule has 3 aliphatic rings. The number of hydrogen-bond donors (Lipinski definition) is 1. The lowest BCUT2D eigenvalue weighted by Gasteiger charge is -2.41. The summed E-state index contributed by atoms with van der Waals surface area (Å²) in [5.74, 6) is 1.11. The Balaban J connectivity index is 1.39. The van der Waals surface area contributed by atoms with E-state index in [0.717, 1.165) is 45.1 Å². The minimum atomic E-state index is 0.0378. The van der Waals surface area contributed by atoms with Crippen molar-refractivity contribution in [1.29, 1.82) is 0 Å². The number of amidine groups is 1. The summed E-state index contributed by atoms with van der Waals surface area (Å²) in [4.78, 5) is 14.8. The lowest BCUT2D eigenvalue weighted by atomic mass is 10.0. The fourth-order valence-electron chi connectivity index (χ4n) is 4.90. The Kier molecular flexibility index (Phi) is 5.66. The molecule has 31 heavy (non-hydrogen) atoms. The molecular formula is C25H32N6. The van der Waals surface area contributed by atoms with Crippen LogP contribution in [0.25, 0.3) is 0 Å². The van der Waals surface area contributed by atoms with E-state index in [1.807, 2.05) is 0 Å². The molecule has 2 aromatic rings. The Bertz CT molecular complexity index is 941. The normalized spacial score (nSPS) is 24.1. The number of hydrogen-bond acceptors (Lipinski definition) is 6. The molecule has 162 valence electrons. The summed E-state index contributed by atoms with van der Waals surface area (Å²) in [6.07, 6.45) is 3.34. The quantitative estimate of drug-likeness (QED) is 0.810. The van der Waals surface area contributed by atoms with E-state index in [9.17, 15) is 0 Å². The van der Waals surface area contributed by atoms with Gasteiger partial charge in [-0.3, -0.25) is 4.90 Å². The molecule has 0 radical (unpaired) electrons. The van der Waals surface area contributed by atoms with Crippen molar-refractivity contribution in [3.05, 3.63) is 83.7 Å². The maximum Gasteiger partial charge on any atom is 0.181 e. The third-order valence-electron chi connectivity index (χ3n) is 6.33. The maximum atomic E-state index is 5.24. The minimum Gasteiger partial charge on any atom is -0.361 e. The molecule has 1 unspecified atom stereocenters. The second-order valence-electron chi connectivity index (χ2n) is 8.86. The van der Waals surface area contributed by atoms with Crippen molar-refractivity contribution in [3.63, 3.8) is 0 Å². The van der Waals surface area contributed by atoms with Gasteiger partial charge in [0.1, 0.15) is 0 Å². The Morgan fingerprint density at radius 3 is 2.42 bits per heavy atom. The van der Waals surface area contributed by atoms with E-state index in [-0.39, 0.29) is 6.29 Å². The summed E-state index contributed by atoms with van der Waals surface area (Å²) in [5.41, 5.74) is 3.93. The van der Waals surface area contributed by atoms with Gasteiger partial charge in [-0.15, -0.1) is 0 Å². The van der Waals surface area contributed by atoms with Crippen LogP contribution in [0.1, 0.15) is 11.1 Å². The fourth-order valence-corrected chi connectivity index (χ4v) is 4.90. The van der Waals surface area contributed by atoms with Gasteiger partial charge in [0.25, 0.3) is 0 Å². The smallest absolute Gasteiger partial charge is 0.181 e. The van der Waals surface area contributed by atoms with Crippen LogP contribution in [-0.4, -0.2) is 78.2 Å². The van der Waals surface area contributed by atoms with Crippen molar-refractivity contribution in [2.45, 2.75) is 25.3 Å². The number of piperazine rings is 1. The van der Waals surface area contributed by atoms with Gasteiger partial charge in [-0.25, -0.2) is 4.99 Å². The van der Waals surface area contributed by atoms with Gasteiger partial charge in [0.2, 0.25) is 0 Å². The Labute approximate surface area is 185 Å². The average Bonchev–Trinajstić information content (AvgIpc) is 3.14. The van der Waals surface area contributed by atoms with Crippen LogP contribution in [0.2, 0.25) is 0 Å². The Morgan fingerprint density at radius 2 is 1.68 bits per heavy atom. The van der Waals surface area contributed by atoms with Gasteiger partial charge in [0.05, 0.1) is 12.4 Å². The summed E-state index contributed by atoms with van der Waals surface area (Å²) in [5, 5.41) is 3.72. The number of likely N-dealkylation sites (N-methyl/N-ethyl adjacent to an activating group) is 1. The molecule has 6 heteroatoms. The fraction of sp³-hybridized carbons (Fsp3) is 0.400. The number of aliphatic imine (C=N–C) groups is 1. The van der Waals surface area contributed by atoms with Crippen molar-refractivity contribution in [2.24, 2.45) is 4.99 Å². The molecule has 0 aliphatic carbocycles. The highest BCUT2D eigenvalue weighted by Gasteiger charge is 2.39. The van der Waals surface area contributed by atoms with Crippen LogP contribution in [0.4, 0.5) is 0 Å². The van der Waals surface area contributed by atoms with Crippen molar-refractivity contribution in [3.8, 4) is 0 Å². The number of benzene rings is 2. The first-order valence-electron chi connectivity index (χ1n) is 11.2. The lowest BCUT2D eigenvalue weighted by molar-refractivity contribution is 0.0552. The minimum absolute atomic E-state index is 0.0378.